The Morgan fingerprint density at radius 3 is 2.34 bits per heavy atom. The first-order valence-electron chi connectivity index (χ1n) is 9.67. The number of carbonyl (C=O) groups is 1. The van der Waals surface area contributed by atoms with Crippen molar-refractivity contribution in [2.45, 2.75) is 39.2 Å². The SMILES string of the molecule is CC(C)(C)[C@]1(C(=O)O)Cc2cc(OCCOc3ccc(OC(F)(F)F)cc3Cl)ccc2O1. The maximum Gasteiger partial charge on any atom is 0.573 e. The van der Waals surface area contributed by atoms with E-state index in [1.807, 2.05) is 20.8 Å². The first-order valence-corrected chi connectivity index (χ1v) is 10.0. The van der Waals surface area contributed by atoms with Gasteiger partial charge < -0.3 is 24.1 Å². The van der Waals surface area contributed by atoms with Gasteiger partial charge in [-0.15, -0.1) is 13.2 Å². The minimum atomic E-state index is -4.81. The zero-order valence-corrected chi connectivity index (χ0v) is 18.3. The van der Waals surface area contributed by atoms with Gasteiger partial charge in [-0.1, -0.05) is 32.4 Å². The molecule has 1 heterocycles. The van der Waals surface area contributed by atoms with Crippen LogP contribution in [-0.4, -0.2) is 36.3 Å². The van der Waals surface area contributed by atoms with Gasteiger partial charge in [0.25, 0.3) is 0 Å². The summed E-state index contributed by atoms with van der Waals surface area (Å²) in [6.07, 6.45) is -4.60. The summed E-state index contributed by atoms with van der Waals surface area (Å²) < 4.78 is 57.5. The van der Waals surface area contributed by atoms with Crippen molar-refractivity contribution in [3.05, 3.63) is 47.0 Å². The van der Waals surface area contributed by atoms with Crippen LogP contribution in [0.3, 0.4) is 0 Å². The minimum absolute atomic E-state index is 0.0337. The van der Waals surface area contributed by atoms with Gasteiger partial charge in [-0.2, -0.15) is 0 Å². The van der Waals surface area contributed by atoms with Gasteiger partial charge in [0.2, 0.25) is 5.60 Å². The molecule has 0 unspecified atom stereocenters. The second-order valence-electron chi connectivity index (χ2n) is 8.27. The van der Waals surface area contributed by atoms with Crippen LogP contribution in [0, 0.1) is 5.41 Å². The second-order valence-corrected chi connectivity index (χ2v) is 8.67. The molecule has 0 saturated heterocycles. The predicted octanol–water partition coefficient (Wildman–Crippen LogP) is 5.50. The molecule has 1 atom stereocenters. The lowest BCUT2D eigenvalue weighted by Crippen LogP contribution is -2.54. The molecule has 0 amide bonds. The quantitative estimate of drug-likeness (QED) is 0.534. The third-order valence-electron chi connectivity index (χ3n) is 5.06. The molecule has 0 radical (unpaired) electrons. The molecule has 6 nitrogen and oxygen atoms in total. The van der Waals surface area contributed by atoms with Crippen LogP contribution in [0.15, 0.2) is 36.4 Å². The molecule has 2 aromatic rings. The van der Waals surface area contributed by atoms with Gasteiger partial charge in [0.05, 0.1) is 5.02 Å². The number of halogens is 4. The molecule has 0 saturated carbocycles. The summed E-state index contributed by atoms with van der Waals surface area (Å²) in [6.45, 7) is 5.64. The predicted molar refractivity (Wildman–Crippen MR) is 110 cm³/mol. The van der Waals surface area contributed by atoms with Gasteiger partial charge in [0.15, 0.2) is 0 Å². The Labute approximate surface area is 187 Å². The molecule has 32 heavy (non-hydrogen) atoms. The number of ether oxygens (including phenoxy) is 4. The minimum Gasteiger partial charge on any atom is -0.490 e. The molecule has 10 heteroatoms. The van der Waals surface area contributed by atoms with E-state index in [1.54, 1.807) is 18.2 Å². The van der Waals surface area contributed by atoms with E-state index >= 15 is 0 Å². The fourth-order valence-electron chi connectivity index (χ4n) is 3.34. The van der Waals surface area contributed by atoms with Gasteiger partial charge in [-0.3, -0.25) is 0 Å². The van der Waals surface area contributed by atoms with Crippen LogP contribution in [0.4, 0.5) is 13.2 Å². The molecule has 3 rings (SSSR count). The highest BCUT2D eigenvalue weighted by atomic mass is 35.5. The fraction of sp³-hybridized carbons (Fsp3) is 0.409. The number of alkyl halides is 3. The van der Waals surface area contributed by atoms with E-state index in [0.717, 1.165) is 17.7 Å². The van der Waals surface area contributed by atoms with Crippen molar-refractivity contribution in [2.75, 3.05) is 13.2 Å². The number of aliphatic carboxylic acids is 1. The number of benzene rings is 2. The normalized spacial score (nSPS) is 18.0. The van der Waals surface area contributed by atoms with Gasteiger partial charge >= 0.3 is 12.3 Å². The zero-order valence-electron chi connectivity index (χ0n) is 17.6. The van der Waals surface area contributed by atoms with E-state index in [-0.39, 0.29) is 30.4 Å². The topological polar surface area (TPSA) is 74.2 Å². The van der Waals surface area contributed by atoms with Gasteiger partial charge in [-0.25, -0.2) is 4.79 Å². The molecule has 0 bridgehead atoms. The van der Waals surface area contributed by atoms with E-state index in [1.165, 1.54) is 6.07 Å². The van der Waals surface area contributed by atoms with E-state index in [2.05, 4.69) is 4.74 Å². The van der Waals surface area contributed by atoms with Gasteiger partial charge in [0.1, 0.15) is 36.2 Å². The van der Waals surface area contributed by atoms with Gasteiger partial charge in [0, 0.05) is 23.5 Å². The van der Waals surface area contributed by atoms with Crippen LogP contribution in [0.5, 0.6) is 23.0 Å². The Balaban J connectivity index is 1.57. The largest absolute Gasteiger partial charge is 0.573 e. The average Bonchev–Trinajstić information content (AvgIpc) is 3.06. The number of fused-ring (bicyclic) bond motifs is 1. The van der Waals surface area contributed by atoms with Crippen molar-refractivity contribution in [2.24, 2.45) is 5.41 Å². The number of rotatable bonds is 7. The molecule has 1 aliphatic heterocycles. The summed E-state index contributed by atoms with van der Waals surface area (Å²) in [5.74, 6) is -0.284. The summed E-state index contributed by atoms with van der Waals surface area (Å²) in [5.41, 5.74) is -1.27. The first-order chi connectivity index (χ1) is 14.8. The Morgan fingerprint density at radius 1 is 1.09 bits per heavy atom. The maximum absolute atomic E-state index is 12.3. The van der Waals surface area contributed by atoms with Crippen molar-refractivity contribution >= 4 is 17.6 Å². The molecule has 0 fully saturated rings. The van der Waals surface area contributed by atoms with E-state index in [4.69, 9.17) is 25.8 Å². The molecule has 0 aliphatic carbocycles. The highest BCUT2D eigenvalue weighted by Crippen LogP contribution is 2.46. The monoisotopic (exact) mass is 474 g/mol. The van der Waals surface area contributed by atoms with Crippen molar-refractivity contribution in [1.82, 2.24) is 0 Å². The molecule has 0 aromatic heterocycles. The molecule has 174 valence electrons. The smallest absolute Gasteiger partial charge is 0.490 e. The van der Waals surface area contributed by atoms with E-state index in [9.17, 15) is 23.1 Å². The molecular formula is C22H22ClF3O6. The lowest BCUT2D eigenvalue weighted by Gasteiger charge is -2.36. The third kappa shape index (κ3) is 5.15. The van der Waals surface area contributed by atoms with Crippen molar-refractivity contribution < 1.29 is 42.0 Å². The summed E-state index contributed by atoms with van der Waals surface area (Å²) in [7, 11) is 0. The van der Waals surface area contributed by atoms with Gasteiger partial charge in [-0.05, 0) is 30.3 Å². The summed E-state index contributed by atoms with van der Waals surface area (Å²) >= 11 is 5.93. The lowest BCUT2D eigenvalue weighted by atomic mass is 9.74. The summed E-state index contributed by atoms with van der Waals surface area (Å²) in [4.78, 5) is 11.9. The number of hydrogen-bond acceptors (Lipinski definition) is 5. The number of hydrogen-bond donors (Lipinski definition) is 1. The van der Waals surface area contributed by atoms with Crippen molar-refractivity contribution in [3.8, 4) is 23.0 Å². The van der Waals surface area contributed by atoms with Crippen LogP contribution in [0.2, 0.25) is 5.02 Å². The van der Waals surface area contributed by atoms with Crippen LogP contribution >= 0.6 is 11.6 Å². The number of carboxylic acids is 1. The van der Waals surface area contributed by atoms with E-state index in [0.29, 0.717) is 11.5 Å². The molecule has 2 aromatic carbocycles. The third-order valence-corrected chi connectivity index (χ3v) is 5.35. The molecule has 1 N–H and O–H groups in total. The van der Waals surface area contributed by atoms with Crippen LogP contribution in [-0.2, 0) is 11.2 Å². The average molecular weight is 475 g/mol. The highest BCUT2D eigenvalue weighted by Gasteiger charge is 2.55. The molecular weight excluding hydrogens is 453 g/mol. The molecule has 0 spiro atoms. The van der Waals surface area contributed by atoms with Crippen LogP contribution in [0.25, 0.3) is 0 Å². The number of carboxylic acid groups (broad SMARTS) is 1. The highest BCUT2D eigenvalue weighted by molar-refractivity contribution is 6.32. The van der Waals surface area contributed by atoms with Crippen molar-refractivity contribution in [3.63, 3.8) is 0 Å². The maximum atomic E-state index is 12.3. The lowest BCUT2D eigenvalue weighted by molar-refractivity contribution is -0.274. The summed E-state index contributed by atoms with van der Waals surface area (Å²) in [5, 5.41) is 9.74. The Morgan fingerprint density at radius 2 is 1.75 bits per heavy atom. The van der Waals surface area contributed by atoms with E-state index < -0.39 is 29.1 Å². The fourth-order valence-corrected chi connectivity index (χ4v) is 3.57. The Kier molecular flexibility index (Phi) is 6.42. The standard InChI is InChI=1S/C22H22ClF3O6/c1-20(2,3)21(19(27)28)12-13-10-14(4-6-17(13)32-21)29-8-9-30-18-7-5-15(11-16(18)23)31-22(24,25)26/h4-7,10-11H,8-9,12H2,1-3H3,(H,27,28)/t21-/m1/s1. The summed E-state index contributed by atoms with van der Waals surface area (Å²) in [6, 6.07) is 8.43. The Bertz CT molecular complexity index is 1000. The zero-order chi connectivity index (χ0) is 23.7. The first kappa shape index (κ1) is 23.8. The van der Waals surface area contributed by atoms with Crippen molar-refractivity contribution in [1.29, 1.82) is 0 Å². The molecule has 1 aliphatic rings. The Hall–Kier alpha value is -2.81. The second kappa shape index (κ2) is 8.61. The van der Waals surface area contributed by atoms with Crippen LogP contribution in [0.1, 0.15) is 26.3 Å². The van der Waals surface area contributed by atoms with Crippen LogP contribution < -0.4 is 18.9 Å².